The highest BCUT2D eigenvalue weighted by atomic mass is 16.7. The normalized spacial score (nSPS) is 12.0. The summed E-state index contributed by atoms with van der Waals surface area (Å²) in [5, 5.41) is 0. The van der Waals surface area contributed by atoms with Crippen molar-refractivity contribution in [1.82, 2.24) is 0 Å². The van der Waals surface area contributed by atoms with E-state index in [0.717, 1.165) is 32.5 Å². The number of hydrogen-bond acceptors (Lipinski definition) is 2. The van der Waals surface area contributed by atoms with E-state index in [0.29, 0.717) is 0 Å². The Kier molecular flexibility index (Phi) is 15.7. The molecule has 0 spiro atoms. The number of hydrogen-bond donors (Lipinski definition) is 0. The Bertz CT molecular complexity index is 206. The van der Waals surface area contributed by atoms with E-state index in [9.17, 15) is 0 Å². The van der Waals surface area contributed by atoms with Crippen LogP contribution in [-0.2, 0) is 9.47 Å². The van der Waals surface area contributed by atoms with Crippen molar-refractivity contribution in [3.63, 3.8) is 0 Å². The van der Waals surface area contributed by atoms with Crippen molar-refractivity contribution in [2.24, 2.45) is 0 Å². The van der Waals surface area contributed by atoms with Gasteiger partial charge in [-0.1, -0.05) is 78.6 Å². The molecule has 0 heterocycles. The molecule has 0 aromatic carbocycles. The van der Waals surface area contributed by atoms with Gasteiger partial charge >= 0.3 is 0 Å². The smallest absolute Gasteiger partial charge is 0.165 e. The summed E-state index contributed by atoms with van der Waals surface area (Å²) in [7, 11) is 0. The van der Waals surface area contributed by atoms with Gasteiger partial charge in [0.1, 0.15) is 0 Å². The first-order valence-electron chi connectivity index (χ1n) is 9.96. The predicted molar refractivity (Wildman–Crippen MR) is 97.4 cm³/mol. The third kappa shape index (κ3) is 13.6. The van der Waals surface area contributed by atoms with Crippen molar-refractivity contribution in [3.05, 3.63) is 0 Å². The lowest BCUT2D eigenvalue weighted by Gasteiger charge is -2.30. The van der Waals surface area contributed by atoms with Gasteiger partial charge in [0.2, 0.25) is 0 Å². The summed E-state index contributed by atoms with van der Waals surface area (Å²) in [5.74, 6) is -0.355. The van der Waals surface area contributed by atoms with Crippen LogP contribution in [0, 0.1) is 0 Å². The van der Waals surface area contributed by atoms with Gasteiger partial charge in [-0.3, -0.25) is 0 Å². The Morgan fingerprint density at radius 1 is 0.545 bits per heavy atom. The van der Waals surface area contributed by atoms with Gasteiger partial charge in [-0.15, -0.1) is 0 Å². The average Bonchev–Trinajstić information content (AvgIpc) is 2.51. The second kappa shape index (κ2) is 15.8. The van der Waals surface area contributed by atoms with Crippen LogP contribution in [0.15, 0.2) is 0 Å². The molecule has 0 atom stereocenters. The fourth-order valence-corrected chi connectivity index (χ4v) is 2.63. The summed E-state index contributed by atoms with van der Waals surface area (Å²) in [6.07, 6.45) is 16.5. The zero-order chi connectivity index (χ0) is 16.5. The summed E-state index contributed by atoms with van der Waals surface area (Å²) in [4.78, 5) is 0. The fraction of sp³-hybridized carbons (Fsp3) is 1.00. The highest BCUT2D eigenvalue weighted by molar-refractivity contribution is 4.64. The van der Waals surface area contributed by atoms with Crippen LogP contribution in [0.25, 0.3) is 0 Å². The predicted octanol–water partition coefficient (Wildman–Crippen LogP) is 6.87. The number of rotatable bonds is 17. The molecule has 0 saturated carbocycles. The molecule has 0 N–H and O–H groups in total. The van der Waals surface area contributed by atoms with Crippen LogP contribution in [0.4, 0.5) is 0 Å². The summed E-state index contributed by atoms with van der Waals surface area (Å²) < 4.78 is 12.1. The molecule has 0 bridgehead atoms. The highest BCUT2D eigenvalue weighted by Crippen LogP contribution is 2.23. The van der Waals surface area contributed by atoms with Gasteiger partial charge in [-0.25, -0.2) is 0 Å². The van der Waals surface area contributed by atoms with Crippen molar-refractivity contribution >= 4 is 0 Å². The fourth-order valence-electron chi connectivity index (χ4n) is 2.63. The van der Waals surface area contributed by atoms with Gasteiger partial charge in [0.25, 0.3) is 0 Å². The van der Waals surface area contributed by atoms with Crippen molar-refractivity contribution < 1.29 is 9.47 Å². The lowest BCUT2D eigenvalue weighted by molar-refractivity contribution is -0.230. The van der Waals surface area contributed by atoms with Crippen LogP contribution >= 0.6 is 0 Å². The Hall–Kier alpha value is -0.0800. The maximum absolute atomic E-state index is 6.05. The Morgan fingerprint density at radius 3 is 1.41 bits per heavy atom. The molecule has 0 aliphatic heterocycles. The van der Waals surface area contributed by atoms with E-state index in [2.05, 4.69) is 27.7 Å². The van der Waals surface area contributed by atoms with E-state index in [1.165, 1.54) is 64.2 Å². The van der Waals surface area contributed by atoms with Crippen molar-refractivity contribution in [2.75, 3.05) is 13.2 Å². The summed E-state index contributed by atoms with van der Waals surface area (Å²) in [6.45, 7) is 10.5. The zero-order valence-electron chi connectivity index (χ0n) is 15.9. The standard InChI is InChI=1S/C20H42O2/c1-5-8-11-12-13-14-15-16-17-20(4,21-18-9-6-2)22-19-10-7-3/h5-19H2,1-4H3. The van der Waals surface area contributed by atoms with E-state index < -0.39 is 0 Å². The minimum atomic E-state index is -0.355. The molecular formula is C20H42O2. The molecule has 22 heavy (non-hydrogen) atoms. The molecule has 0 aromatic heterocycles. The monoisotopic (exact) mass is 314 g/mol. The lowest BCUT2D eigenvalue weighted by atomic mass is 10.0. The Balaban J connectivity index is 3.80. The van der Waals surface area contributed by atoms with Crippen LogP contribution in [0.5, 0.6) is 0 Å². The SMILES string of the molecule is CCCCCCCCCCC(C)(OCCCC)OCCCC. The third-order valence-corrected chi connectivity index (χ3v) is 4.30. The van der Waals surface area contributed by atoms with E-state index in [1.54, 1.807) is 0 Å². The van der Waals surface area contributed by atoms with Gasteiger partial charge in [-0.2, -0.15) is 0 Å². The first kappa shape index (κ1) is 21.9. The van der Waals surface area contributed by atoms with Gasteiger partial charge < -0.3 is 9.47 Å². The molecule has 0 amide bonds. The summed E-state index contributed by atoms with van der Waals surface area (Å²) in [6, 6.07) is 0. The summed E-state index contributed by atoms with van der Waals surface area (Å²) in [5.41, 5.74) is 0. The molecule has 0 rings (SSSR count). The Morgan fingerprint density at radius 2 is 0.955 bits per heavy atom. The molecule has 2 nitrogen and oxygen atoms in total. The van der Waals surface area contributed by atoms with Crippen LogP contribution < -0.4 is 0 Å². The van der Waals surface area contributed by atoms with Gasteiger partial charge in [-0.05, 0) is 26.2 Å². The van der Waals surface area contributed by atoms with Crippen molar-refractivity contribution in [1.29, 1.82) is 0 Å². The van der Waals surface area contributed by atoms with E-state index in [-0.39, 0.29) is 5.79 Å². The second-order valence-corrected chi connectivity index (χ2v) is 6.76. The summed E-state index contributed by atoms with van der Waals surface area (Å²) >= 11 is 0. The topological polar surface area (TPSA) is 18.5 Å². The van der Waals surface area contributed by atoms with Crippen LogP contribution in [0.2, 0.25) is 0 Å². The second-order valence-electron chi connectivity index (χ2n) is 6.76. The van der Waals surface area contributed by atoms with E-state index in [4.69, 9.17) is 9.47 Å². The average molecular weight is 315 g/mol. The molecule has 0 aliphatic carbocycles. The molecule has 0 unspecified atom stereocenters. The molecular weight excluding hydrogens is 272 g/mol. The van der Waals surface area contributed by atoms with Crippen LogP contribution in [-0.4, -0.2) is 19.0 Å². The number of unbranched alkanes of at least 4 members (excludes halogenated alkanes) is 9. The van der Waals surface area contributed by atoms with Gasteiger partial charge in [0, 0.05) is 19.6 Å². The van der Waals surface area contributed by atoms with Crippen LogP contribution in [0.1, 0.15) is 111 Å². The maximum Gasteiger partial charge on any atom is 0.165 e. The largest absolute Gasteiger partial charge is 0.350 e. The van der Waals surface area contributed by atoms with Crippen LogP contribution in [0.3, 0.4) is 0 Å². The van der Waals surface area contributed by atoms with Gasteiger partial charge in [0.05, 0.1) is 0 Å². The minimum Gasteiger partial charge on any atom is -0.350 e. The zero-order valence-corrected chi connectivity index (χ0v) is 15.9. The third-order valence-electron chi connectivity index (χ3n) is 4.30. The lowest BCUT2D eigenvalue weighted by Crippen LogP contribution is -2.33. The van der Waals surface area contributed by atoms with Crippen molar-refractivity contribution in [2.45, 2.75) is 117 Å². The molecule has 0 saturated heterocycles. The van der Waals surface area contributed by atoms with E-state index >= 15 is 0 Å². The molecule has 0 fully saturated rings. The Labute approximate surface area is 140 Å². The van der Waals surface area contributed by atoms with Crippen molar-refractivity contribution in [3.8, 4) is 0 Å². The molecule has 0 aromatic rings. The minimum absolute atomic E-state index is 0.355. The maximum atomic E-state index is 6.05. The number of ether oxygens (including phenoxy) is 2. The molecule has 0 radical (unpaired) electrons. The quantitative estimate of drug-likeness (QED) is 0.215. The van der Waals surface area contributed by atoms with Gasteiger partial charge in [0.15, 0.2) is 5.79 Å². The first-order valence-corrected chi connectivity index (χ1v) is 9.96. The van der Waals surface area contributed by atoms with E-state index in [1.807, 2.05) is 0 Å². The first-order chi connectivity index (χ1) is 10.7. The highest BCUT2D eigenvalue weighted by Gasteiger charge is 2.24. The molecule has 0 aliphatic rings. The molecule has 134 valence electrons. The molecule has 2 heteroatoms.